The van der Waals surface area contributed by atoms with E-state index in [-0.39, 0.29) is 0 Å². The van der Waals surface area contributed by atoms with Gasteiger partial charge >= 0.3 is 5.97 Å². The molecular weight excluding hydrogens is 226 g/mol. The number of hydrogen-bond acceptors (Lipinski definition) is 2. The van der Waals surface area contributed by atoms with Gasteiger partial charge in [0.1, 0.15) is 0 Å². The molecule has 0 unspecified atom stereocenters. The van der Waals surface area contributed by atoms with Crippen LogP contribution < -0.4 is 0 Å². The normalized spacial score (nSPS) is 20.8. The van der Waals surface area contributed by atoms with Crippen LogP contribution in [0.3, 0.4) is 0 Å². The fraction of sp³-hybridized carbons (Fsp3) is 0.533. The van der Waals surface area contributed by atoms with Gasteiger partial charge in [-0.05, 0) is 37.3 Å². The first kappa shape index (κ1) is 13.1. The standard InChI is InChI=1S/C15H21NO2/c17-15(18)9-8-14-7-4-10-16(12-14)11-13-5-2-1-3-6-13/h1-3,5-6,14H,4,7-12H2,(H,17,18)/t14-/m0/s1. The molecule has 18 heavy (non-hydrogen) atoms. The number of piperidine rings is 1. The average molecular weight is 247 g/mol. The van der Waals surface area contributed by atoms with E-state index in [1.807, 2.05) is 6.07 Å². The molecule has 1 fully saturated rings. The van der Waals surface area contributed by atoms with E-state index in [0.29, 0.717) is 12.3 Å². The van der Waals surface area contributed by atoms with Crippen LogP contribution in [0.5, 0.6) is 0 Å². The Bertz CT molecular complexity index is 377. The lowest BCUT2D eigenvalue weighted by Crippen LogP contribution is -2.35. The van der Waals surface area contributed by atoms with Crippen LogP contribution in [-0.4, -0.2) is 29.1 Å². The van der Waals surface area contributed by atoms with E-state index in [1.165, 1.54) is 18.4 Å². The molecule has 1 saturated heterocycles. The third kappa shape index (κ3) is 4.15. The van der Waals surface area contributed by atoms with Crippen LogP contribution in [-0.2, 0) is 11.3 Å². The van der Waals surface area contributed by atoms with Crippen molar-refractivity contribution in [1.29, 1.82) is 0 Å². The maximum atomic E-state index is 10.6. The van der Waals surface area contributed by atoms with Crippen molar-refractivity contribution in [3.63, 3.8) is 0 Å². The molecule has 1 aromatic carbocycles. The highest BCUT2D eigenvalue weighted by Gasteiger charge is 2.20. The molecule has 0 aromatic heterocycles. The van der Waals surface area contributed by atoms with Crippen LogP contribution in [0.15, 0.2) is 30.3 Å². The van der Waals surface area contributed by atoms with Gasteiger partial charge in [-0.2, -0.15) is 0 Å². The maximum absolute atomic E-state index is 10.6. The van der Waals surface area contributed by atoms with Gasteiger partial charge in [0.05, 0.1) is 0 Å². The summed E-state index contributed by atoms with van der Waals surface area (Å²) in [7, 11) is 0. The molecule has 0 radical (unpaired) electrons. The van der Waals surface area contributed by atoms with E-state index in [1.54, 1.807) is 0 Å². The van der Waals surface area contributed by atoms with E-state index in [4.69, 9.17) is 5.11 Å². The third-order valence-electron chi connectivity index (χ3n) is 3.62. The molecule has 0 spiro atoms. The molecule has 98 valence electrons. The SMILES string of the molecule is O=C(O)CC[C@@H]1CCCN(Cc2ccccc2)C1. The minimum atomic E-state index is -0.671. The topological polar surface area (TPSA) is 40.5 Å². The fourth-order valence-electron chi connectivity index (χ4n) is 2.70. The fourth-order valence-corrected chi connectivity index (χ4v) is 2.70. The average Bonchev–Trinajstić information content (AvgIpc) is 2.38. The largest absolute Gasteiger partial charge is 0.481 e. The highest BCUT2D eigenvalue weighted by Crippen LogP contribution is 2.22. The lowest BCUT2D eigenvalue weighted by molar-refractivity contribution is -0.137. The minimum absolute atomic E-state index is 0.309. The summed E-state index contributed by atoms with van der Waals surface area (Å²) in [4.78, 5) is 13.1. The summed E-state index contributed by atoms with van der Waals surface area (Å²) in [6.07, 6.45) is 3.50. The smallest absolute Gasteiger partial charge is 0.303 e. The second-order valence-electron chi connectivity index (χ2n) is 5.16. The van der Waals surface area contributed by atoms with Crippen LogP contribution in [0, 0.1) is 5.92 Å². The van der Waals surface area contributed by atoms with Gasteiger partial charge in [-0.3, -0.25) is 9.69 Å². The van der Waals surface area contributed by atoms with Crippen LogP contribution in [0.2, 0.25) is 0 Å². The van der Waals surface area contributed by atoms with Crippen molar-refractivity contribution in [2.45, 2.75) is 32.2 Å². The number of rotatable bonds is 5. The molecule has 1 N–H and O–H groups in total. The van der Waals surface area contributed by atoms with Gasteiger partial charge in [0.15, 0.2) is 0 Å². The van der Waals surface area contributed by atoms with Gasteiger partial charge in [-0.15, -0.1) is 0 Å². The molecule has 2 rings (SSSR count). The summed E-state index contributed by atoms with van der Waals surface area (Å²) < 4.78 is 0. The number of benzene rings is 1. The quantitative estimate of drug-likeness (QED) is 0.869. The summed E-state index contributed by atoms with van der Waals surface area (Å²) >= 11 is 0. The second-order valence-corrected chi connectivity index (χ2v) is 5.16. The van der Waals surface area contributed by atoms with Crippen molar-refractivity contribution in [3.05, 3.63) is 35.9 Å². The van der Waals surface area contributed by atoms with Gasteiger partial charge in [-0.25, -0.2) is 0 Å². The molecule has 0 amide bonds. The maximum Gasteiger partial charge on any atom is 0.303 e. The molecule has 1 aromatic rings. The lowest BCUT2D eigenvalue weighted by Gasteiger charge is -2.32. The van der Waals surface area contributed by atoms with E-state index in [2.05, 4.69) is 29.2 Å². The van der Waals surface area contributed by atoms with E-state index in [0.717, 1.165) is 26.1 Å². The van der Waals surface area contributed by atoms with Crippen LogP contribution in [0.1, 0.15) is 31.2 Å². The molecule has 1 atom stereocenters. The Labute approximate surface area is 108 Å². The molecule has 3 heteroatoms. The number of nitrogens with zero attached hydrogens (tertiary/aromatic N) is 1. The number of likely N-dealkylation sites (tertiary alicyclic amines) is 1. The number of carboxylic acid groups (broad SMARTS) is 1. The summed E-state index contributed by atoms with van der Waals surface area (Å²) in [6.45, 7) is 3.17. The van der Waals surface area contributed by atoms with Crippen LogP contribution >= 0.6 is 0 Å². The summed E-state index contributed by atoms with van der Waals surface area (Å²) in [5.74, 6) is -0.117. The first-order valence-corrected chi connectivity index (χ1v) is 6.72. The number of aliphatic carboxylic acids is 1. The molecule has 3 nitrogen and oxygen atoms in total. The van der Waals surface area contributed by atoms with Crippen molar-refractivity contribution in [2.75, 3.05) is 13.1 Å². The van der Waals surface area contributed by atoms with Gasteiger partial charge in [0.25, 0.3) is 0 Å². The first-order chi connectivity index (χ1) is 8.74. The molecule has 1 heterocycles. The van der Waals surface area contributed by atoms with Crippen LogP contribution in [0.4, 0.5) is 0 Å². The molecule has 0 bridgehead atoms. The predicted octanol–water partition coefficient (Wildman–Crippen LogP) is 2.76. The Morgan fingerprint density at radius 2 is 2.11 bits per heavy atom. The Balaban J connectivity index is 1.81. The van der Waals surface area contributed by atoms with Gasteiger partial charge < -0.3 is 5.11 Å². The lowest BCUT2D eigenvalue weighted by atomic mass is 9.93. The molecule has 0 saturated carbocycles. The number of hydrogen-bond donors (Lipinski definition) is 1. The minimum Gasteiger partial charge on any atom is -0.481 e. The highest BCUT2D eigenvalue weighted by molar-refractivity contribution is 5.66. The van der Waals surface area contributed by atoms with Gasteiger partial charge in [-0.1, -0.05) is 30.3 Å². The van der Waals surface area contributed by atoms with Gasteiger partial charge in [0, 0.05) is 19.5 Å². The summed E-state index contributed by atoms with van der Waals surface area (Å²) in [6, 6.07) is 10.5. The van der Waals surface area contributed by atoms with Crippen molar-refractivity contribution in [2.24, 2.45) is 5.92 Å². The molecule has 1 aliphatic heterocycles. The predicted molar refractivity (Wildman–Crippen MR) is 71.3 cm³/mol. The zero-order chi connectivity index (χ0) is 12.8. The van der Waals surface area contributed by atoms with Crippen molar-refractivity contribution in [3.8, 4) is 0 Å². The Hall–Kier alpha value is -1.35. The van der Waals surface area contributed by atoms with E-state index < -0.39 is 5.97 Å². The monoisotopic (exact) mass is 247 g/mol. The summed E-state index contributed by atoms with van der Waals surface area (Å²) in [5, 5.41) is 8.73. The Kier molecular flexibility index (Phi) is 4.76. The van der Waals surface area contributed by atoms with Crippen molar-refractivity contribution in [1.82, 2.24) is 4.90 Å². The molecular formula is C15H21NO2. The zero-order valence-corrected chi connectivity index (χ0v) is 10.7. The zero-order valence-electron chi connectivity index (χ0n) is 10.7. The second kappa shape index (κ2) is 6.55. The Morgan fingerprint density at radius 3 is 2.83 bits per heavy atom. The third-order valence-corrected chi connectivity index (χ3v) is 3.62. The number of carbonyl (C=O) groups is 1. The molecule has 0 aliphatic carbocycles. The van der Waals surface area contributed by atoms with Crippen molar-refractivity contribution >= 4 is 5.97 Å². The molecule has 1 aliphatic rings. The van der Waals surface area contributed by atoms with E-state index in [9.17, 15) is 4.79 Å². The van der Waals surface area contributed by atoms with Gasteiger partial charge in [0.2, 0.25) is 0 Å². The van der Waals surface area contributed by atoms with Crippen molar-refractivity contribution < 1.29 is 9.90 Å². The summed E-state index contributed by atoms with van der Waals surface area (Å²) in [5.41, 5.74) is 1.34. The number of carboxylic acids is 1. The van der Waals surface area contributed by atoms with E-state index >= 15 is 0 Å². The first-order valence-electron chi connectivity index (χ1n) is 6.72. The Morgan fingerprint density at radius 1 is 1.33 bits per heavy atom. The highest BCUT2D eigenvalue weighted by atomic mass is 16.4. The van der Waals surface area contributed by atoms with Crippen LogP contribution in [0.25, 0.3) is 0 Å².